The number of hydrogen-bond donors (Lipinski definition) is 1. The fraction of sp³-hybridized carbons (Fsp3) is 0.0556. The normalized spacial score (nSPS) is 11.1. The molecule has 0 heterocycles. The third-order valence-corrected chi connectivity index (χ3v) is 2.87. The van der Waals surface area contributed by atoms with E-state index in [1.54, 1.807) is 37.5 Å². The van der Waals surface area contributed by atoms with Crippen LogP contribution in [0.4, 0.5) is 0 Å². The molecule has 0 fully saturated rings. The zero-order valence-electron chi connectivity index (χ0n) is 11.7. The van der Waals surface area contributed by atoms with Gasteiger partial charge in [0.05, 0.1) is 7.11 Å². The second-order valence-corrected chi connectivity index (χ2v) is 4.44. The molecular weight excluding hydrogens is 264 g/mol. The van der Waals surface area contributed by atoms with Gasteiger partial charge in [0.1, 0.15) is 11.5 Å². The molecule has 21 heavy (non-hydrogen) atoms. The number of phenolic OH excluding ortho intramolecular Hbond substituents is 1. The summed E-state index contributed by atoms with van der Waals surface area (Å²) in [6.07, 6.45) is 6.38. The second-order valence-electron chi connectivity index (χ2n) is 4.44. The van der Waals surface area contributed by atoms with Crippen molar-refractivity contribution in [1.82, 2.24) is 0 Å². The molecule has 0 saturated carbocycles. The van der Waals surface area contributed by atoms with Crippen LogP contribution in [0.5, 0.6) is 11.5 Å². The van der Waals surface area contributed by atoms with E-state index in [2.05, 4.69) is 0 Å². The molecule has 0 aliphatic carbocycles. The first kappa shape index (κ1) is 14.6. The van der Waals surface area contributed by atoms with Crippen molar-refractivity contribution < 1.29 is 14.6 Å². The molecule has 0 aromatic heterocycles. The van der Waals surface area contributed by atoms with E-state index in [0.29, 0.717) is 0 Å². The molecule has 0 saturated heterocycles. The Morgan fingerprint density at radius 3 is 2.29 bits per heavy atom. The van der Waals surface area contributed by atoms with Gasteiger partial charge in [-0.2, -0.15) is 0 Å². The fourth-order valence-corrected chi connectivity index (χ4v) is 1.76. The highest BCUT2D eigenvalue weighted by Crippen LogP contribution is 2.13. The molecule has 2 rings (SSSR count). The molecular formula is C18H16O3. The summed E-state index contributed by atoms with van der Waals surface area (Å²) in [5.41, 5.74) is 1.70. The van der Waals surface area contributed by atoms with Gasteiger partial charge in [0, 0.05) is 0 Å². The molecule has 2 aromatic rings. The molecule has 0 unspecified atom stereocenters. The van der Waals surface area contributed by atoms with Gasteiger partial charge in [0.15, 0.2) is 5.78 Å². The molecule has 0 radical (unpaired) electrons. The lowest BCUT2D eigenvalue weighted by molar-refractivity contribution is -0.110. The van der Waals surface area contributed by atoms with E-state index in [1.165, 1.54) is 12.2 Å². The minimum absolute atomic E-state index is 0.117. The lowest BCUT2D eigenvalue weighted by Gasteiger charge is -1.98. The number of benzene rings is 2. The fourth-order valence-electron chi connectivity index (χ4n) is 1.76. The van der Waals surface area contributed by atoms with Crippen molar-refractivity contribution in [3.8, 4) is 11.5 Å². The predicted molar refractivity (Wildman–Crippen MR) is 84.2 cm³/mol. The Morgan fingerprint density at radius 1 is 1.00 bits per heavy atom. The van der Waals surface area contributed by atoms with Gasteiger partial charge in [-0.1, -0.05) is 36.4 Å². The zero-order chi connectivity index (χ0) is 15.1. The van der Waals surface area contributed by atoms with Crippen molar-refractivity contribution in [1.29, 1.82) is 0 Å². The summed E-state index contributed by atoms with van der Waals surface area (Å²) in [6.45, 7) is 0. The van der Waals surface area contributed by atoms with Crippen LogP contribution in [-0.2, 0) is 4.79 Å². The monoisotopic (exact) mass is 280 g/mol. The van der Waals surface area contributed by atoms with Crippen LogP contribution >= 0.6 is 0 Å². The molecule has 2 aromatic carbocycles. The lowest BCUT2D eigenvalue weighted by Crippen LogP contribution is -1.85. The SMILES string of the molecule is COc1ccc(C=CC(=O)C=Cc2cccc(O)c2)cc1. The molecule has 0 amide bonds. The molecule has 3 heteroatoms. The van der Waals surface area contributed by atoms with Crippen molar-refractivity contribution in [3.63, 3.8) is 0 Å². The van der Waals surface area contributed by atoms with Crippen LogP contribution in [0.3, 0.4) is 0 Å². The third-order valence-electron chi connectivity index (χ3n) is 2.87. The maximum absolute atomic E-state index is 11.7. The van der Waals surface area contributed by atoms with Gasteiger partial charge < -0.3 is 9.84 Å². The Morgan fingerprint density at radius 2 is 1.67 bits per heavy atom. The van der Waals surface area contributed by atoms with Crippen molar-refractivity contribution in [2.24, 2.45) is 0 Å². The van der Waals surface area contributed by atoms with E-state index >= 15 is 0 Å². The molecule has 106 valence electrons. The topological polar surface area (TPSA) is 46.5 Å². The summed E-state index contributed by atoms with van der Waals surface area (Å²) < 4.78 is 5.07. The maximum atomic E-state index is 11.7. The molecule has 3 nitrogen and oxygen atoms in total. The number of phenols is 1. The van der Waals surface area contributed by atoms with Crippen molar-refractivity contribution >= 4 is 17.9 Å². The Kier molecular flexibility index (Phi) is 4.94. The summed E-state index contributed by atoms with van der Waals surface area (Å²) in [6, 6.07) is 14.2. The van der Waals surface area contributed by atoms with E-state index < -0.39 is 0 Å². The van der Waals surface area contributed by atoms with Gasteiger partial charge in [0.2, 0.25) is 0 Å². The number of aromatic hydroxyl groups is 1. The van der Waals surface area contributed by atoms with Crippen LogP contribution in [0.15, 0.2) is 60.7 Å². The van der Waals surface area contributed by atoms with Gasteiger partial charge >= 0.3 is 0 Å². The highest BCUT2D eigenvalue weighted by molar-refractivity contribution is 6.04. The lowest BCUT2D eigenvalue weighted by atomic mass is 10.1. The van der Waals surface area contributed by atoms with E-state index in [4.69, 9.17) is 4.74 Å². The highest BCUT2D eigenvalue weighted by atomic mass is 16.5. The maximum Gasteiger partial charge on any atom is 0.178 e. The number of ketones is 1. The molecule has 0 aliphatic rings. The number of hydrogen-bond acceptors (Lipinski definition) is 3. The number of allylic oxidation sites excluding steroid dienone is 2. The first-order valence-electron chi connectivity index (χ1n) is 6.50. The Bertz CT molecular complexity index is 667. The number of carbonyl (C=O) groups excluding carboxylic acids is 1. The second kappa shape index (κ2) is 7.10. The van der Waals surface area contributed by atoms with Gasteiger partial charge in [-0.05, 0) is 47.5 Å². The van der Waals surface area contributed by atoms with Crippen molar-refractivity contribution in [2.45, 2.75) is 0 Å². The van der Waals surface area contributed by atoms with Crippen LogP contribution in [-0.4, -0.2) is 18.0 Å². The number of ether oxygens (including phenoxy) is 1. The van der Waals surface area contributed by atoms with E-state index in [-0.39, 0.29) is 11.5 Å². The summed E-state index contributed by atoms with van der Waals surface area (Å²) >= 11 is 0. The standard InChI is InChI=1S/C18H16O3/c1-21-18-11-7-14(8-12-18)5-9-16(19)10-6-15-3-2-4-17(20)13-15/h2-13,20H,1H3. The quantitative estimate of drug-likeness (QED) is 0.849. The van der Waals surface area contributed by atoms with Crippen LogP contribution < -0.4 is 4.74 Å². The summed E-state index contributed by atoms with van der Waals surface area (Å²) in [5, 5.41) is 9.33. The molecule has 0 aliphatic heterocycles. The Balaban J connectivity index is 1.98. The van der Waals surface area contributed by atoms with Crippen molar-refractivity contribution in [2.75, 3.05) is 7.11 Å². The van der Waals surface area contributed by atoms with E-state index in [9.17, 15) is 9.90 Å². The molecule has 1 N–H and O–H groups in total. The Labute approximate surface area is 123 Å². The Hall–Kier alpha value is -2.81. The minimum atomic E-state index is -0.117. The van der Waals surface area contributed by atoms with Crippen LogP contribution in [0, 0.1) is 0 Å². The summed E-state index contributed by atoms with van der Waals surface area (Å²) in [5.74, 6) is 0.842. The van der Waals surface area contributed by atoms with Crippen LogP contribution in [0.25, 0.3) is 12.2 Å². The van der Waals surface area contributed by atoms with E-state index in [0.717, 1.165) is 16.9 Å². The first-order chi connectivity index (χ1) is 10.2. The first-order valence-corrected chi connectivity index (χ1v) is 6.50. The largest absolute Gasteiger partial charge is 0.508 e. The van der Waals surface area contributed by atoms with Gasteiger partial charge in [-0.25, -0.2) is 0 Å². The minimum Gasteiger partial charge on any atom is -0.508 e. The summed E-state index contributed by atoms with van der Waals surface area (Å²) in [4.78, 5) is 11.7. The smallest absolute Gasteiger partial charge is 0.178 e. The predicted octanol–water partition coefficient (Wildman–Crippen LogP) is 3.70. The molecule has 0 spiro atoms. The number of rotatable bonds is 5. The van der Waals surface area contributed by atoms with E-state index in [1.807, 2.05) is 30.3 Å². The summed E-state index contributed by atoms with van der Waals surface area (Å²) in [7, 11) is 1.61. The molecule has 0 bridgehead atoms. The zero-order valence-corrected chi connectivity index (χ0v) is 11.7. The third kappa shape index (κ3) is 4.66. The highest BCUT2D eigenvalue weighted by Gasteiger charge is 1.94. The average Bonchev–Trinajstić information content (AvgIpc) is 2.51. The average molecular weight is 280 g/mol. The molecule has 0 atom stereocenters. The number of methoxy groups -OCH3 is 1. The number of carbonyl (C=O) groups is 1. The van der Waals surface area contributed by atoms with Gasteiger partial charge in [0.25, 0.3) is 0 Å². The van der Waals surface area contributed by atoms with Crippen molar-refractivity contribution in [3.05, 3.63) is 71.8 Å². The van der Waals surface area contributed by atoms with Gasteiger partial charge in [-0.3, -0.25) is 4.79 Å². The van der Waals surface area contributed by atoms with Crippen LogP contribution in [0.2, 0.25) is 0 Å². The van der Waals surface area contributed by atoms with Gasteiger partial charge in [-0.15, -0.1) is 0 Å². The van der Waals surface area contributed by atoms with Crippen LogP contribution in [0.1, 0.15) is 11.1 Å².